The Kier molecular flexibility index (Phi) is 5.82. The molecule has 2 atom stereocenters. The van der Waals surface area contributed by atoms with Gasteiger partial charge in [0, 0.05) is 22.4 Å². The van der Waals surface area contributed by atoms with E-state index in [-0.39, 0.29) is 24.8 Å². The average molecular weight is 457 g/mol. The Bertz CT molecular complexity index is 1150. The summed E-state index contributed by atoms with van der Waals surface area (Å²) in [6.07, 6.45) is 5.32. The number of nitrogens with one attached hydrogen (secondary N) is 1. The van der Waals surface area contributed by atoms with Crippen LogP contribution in [0.4, 0.5) is 10.1 Å². The molecule has 5 nitrogen and oxygen atoms in total. The molecule has 2 fully saturated rings. The summed E-state index contributed by atoms with van der Waals surface area (Å²) in [5, 5.41) is 3.41. The molecule has 0 bridgehead atoms. The maximum atomic E-state index is 15.0. The topological polar surface area (TPSA) is 58.6 Å². The highest BCUT2D eigenvalue weighted by Crippen LogP contribution is 2.39. The minimum atomic E-state index is -2.69. The van der Waals surface area contributed by atoms with Crippen molar-refractivity contribution in [3.05, 3.63) is 64.9 Å². The van der Waals surface area contributed by atoms with Crippen molar-refractivity contribution in [3.63, 3.8) is 0 Å². The van der Waals surface area contributed by atoms with E-state index >= 15 is 0 Å². The number of benzene rings is 2. The van der Waals surface area contributed by atoms with E-state index in [1.54, 1.807) is 25.1 Å². The van der Waals surface area contributed by atoms with Crippen molar-refractivity contribution in [2.75, 3.05) is 18.5 Å². The summed E-state index contributed by atoms with van der Waals surface area (Å²) in [6, 6.07) is 8.49. The molecule has 1 aliphatic heterocycles. The van der Waals surface area contributed by atoms with Gasteiger partial charge in [-0.1, -0.05) is 37.1 Å². The Balaban J connectivity index is 1.75. The normalized spacial score (nSPS) is 23.3. The minimum Gasteiger partial charge on any atom is -0.466 e. The Hall–Kier alpha value is -2.89. The quantitative estimate of drug-likeness (QED) is 0.571. The van der Waals surface area contributed by atoms with Gasteiger partial charge in [-0.3, -0.25) is 9.59 Å². The number of esters is 1. The van der Waals surface area contributed by atoms with Gasteiger partial charge in [0.1, 0.15) is 5.82 Å². The Morgan fingerprint density at radius 1 is 1.18 bits per heavy atom. The first-order valence-electron chi connectivity index (χ1n) is 13.8. The van der Waals surface area contributed by atoms with Gasteiger partial charge in [-0.2, -0.15) is 0 Å². The van der Waals surface area contributed by atoms with Gasteiger partial charge >= 0.3 is 5.97 Å². The zero-order valence-electron chi connectivity index (χ0n) is 22.9. The predicted octanol–water partition coefficient (Wildman–Crippen LogP) is 5.65. The Morgan fingerprint density at radius 2 is 2.00 bits per heavy atom. The molecule has 2 aromatic carbocycles. The first-order valence-corrected chi connectivity index (χ1v) is 11.8. The number of ether oxygens (including phenoxy) is 1. The summed E-state index contributed by atoms with van der Waals surface area (Å²) in [5.74, 6) is -2.92. The van der Waals surface area contributed by atoms with E-state index in [9.17, 15) is 14.0 Å². The molecule has 1 aliphatic carbocycles. The van der Waals surface area contributed by atoms with Crippen molar-refractivity contribution in [1.29, 1.82) is 0 Å². The molecule has 2 aromatic rings. The lowest BCUT2D eigenvalue weighted by Crippen LogP contribution is -2.46. The lowest BCUT2D eigenvalue weighted by Gasteiger charge is -2.41. The van der Waals surface area contributed by atoms with E-state index < -0.39 is 42.1 Å². The average Bonchev–Trinajstić information content (AvgIpc) is 3.37. The molecule has 1 amide bonds. The van der Waals surface area contributed by atoms with E-state index in [2.05, 4.69) is 5.32 Å². The molecule has 1 heterocycles. The van der Waals surface area contributed by atoms with Crippen LogP contribution >= 0.6 is 0 Å². The fourth-order valence-electron chi connectivity index (χ4n) is 5.02. The van der Waals surface area contributed by atoms with Crippen molar-refractivity contribution in [1.82, 2.24) is 4.90 Å². The van der Waals surface area contributed by atoms with Crippen LogP contribution in [0.2, 0.25) is 0 Å². The number of carbonyl (C=O) groups excluding carboxylic acids is 2. The summed E-state index contributed by atoms with van der Waals surface area (Å²) in [7, 11) is 0. The molecule has 176 valence electrons. The third-order valence-corrected chi connectivity index (χ3v) is 6.60. The molecule has 6 heteroatoms. The maximum Gasteiger partial charge on any atom is 0.311 e. The van der Waals surface area contributed by atoms with Crippen molar-refractivity contribution in [2.45, 2.75) is 64.4 Å². The summed E-state index contributed by atoms with van der Waals surface area (Å²) in [6.45, 7) is -0.614. The van der Waals surface area contributed by atoms with Gasteiger partial charge in [-0.15, -0.1) is 0 Å². The lowest BCUT2D eigenvalue weighted by atomic mass is 9.84. The molecule has 1 saturated carbocycles. The molecule has 0 radical (unpaired) electrons. The van der Waals surface area contributed by atoms with E-state index in [1.807, 2.05) is 0 Å². The molecular weight excluding hydrogens is 419 g/mol. The molecule has 1 N–H and O–H groups in total. The highest BCUT2D eigenvalue weighted by atomic mass is 19.1. The number of aryl methyl sites for hydroxylation is 1. The SMILES string of the molecule is [2H]c1cc([C@H]2[C@@H](C(=O)OCC)CCCN2C(=O)c2c(F)cccc2C([2H])([2H])[2H])ccc1NC1CCCC1. The number of anilines is 1. The van der Waals surface area contributed by atoms with Crippen LogP contribution in [0, 0.1) is 18.6 Å². The van der Waals surface area contributed by atoms with Crippen molar-refractivity contribution >= 4 is 17.6 Å². The zero-order chi connectivity index (χ0) is 26.7. The van der Waals surface area contributed by atoms with Crippen LogP contribution in [0.25, 0.3) is 0 Å². The number of piperidine rings is 1. The van der Waals surface area contributed by atoms with Crippen LogP contribution in [0.3, 0.4) is 0 Å². The van der Waals surface area contributed by atoms with Gasteiger partial charge in [-0.05, 0) is 68.8 Å². The van der Waals surface area contributed by atoms with Crippen LogP contribution in [-0.2, 0) is 9.53 Å². The van der Waals surface area contributed by atoms with Crippen LogP contribution < -0.4 is 5.32 Å². The second-order valence-electron chi connectivity index (χ2n) is 8.77. The van der Waals surface area contributed by atoms with E-state index in [1.165, 1.54) is 17.0 Å². The van der Waals surface area contributed by atoms with E-state index in [0.29, 0.717) is 30.1 Å². The van der Waals surface area contributed by atoms with Crippen molar-refractivity contribution < 1.29 is 24.2 Å². The molecule has 33 heavy (non-hydrogen) atoms. The Morgan fingerprint density at radius 3 is 2.73 bits per heavy atom. The monoisotopic (exact) mass is 456 g/mol. The van der Waals surface area contributed by atoms with Crippen LogP contribution in [0.1, 0.15) is 78.5 Å². The predicted molar refractivity (Wildman–Crippen MR) is 127 cm³/mol. The number of carbonyl (C=O) groups is 2. The summed E-state index contributed by atoms with van der Waals surface area (Å²) < 4.78 is 52.4. The number of rotatable bonds is 6. The van der Waals surface area contributed by atoms with Gasteiger partial charge in [0.15, 0.2) is 0 Å². The van der Waals surface area contributed by atoms with Crippen LogP contribution in [-0.4, -0.2) is 36.0 Å². The molecule has 1 saturated heterocycles. The molecule has 2 aliphatic rings. The Labute approximate surface area is 200 Å². The molecule has 0 aromatic heterocycles. The number of halogens is 1. The molecule has 0 spiro atoms. The van der Waals surface area contributed by atoms with Gasteiger partial charge in [0.05, 0.1) is 25.5 Å². The van der Waals surface area contributed by atoms with Gasteiger partial charge in [0.2, 0.25) is 0 Å². The second-order valence-corrected chi connectivity index (χ2v) is 8.77. The van der Waals surface area contributed by atoms with Gasteiger partial charge in [-0.25, -0.2) is 4.39 Å². The first kappa shape index (κ1) is 18.5. The second kappa shape index (κ2) is 10.4. The summed E-state index contributed by atoms with van der Waals surface area (Å²) >= 11 is 0. The molecule has 4 rings (SSSR count). The summed E-state index contributed by atoms with van der Waals surface area (Å²) in [5.41, 5.74) is 0.352. The van der Waals surface area contributed by atoms with Crippen LogP contribution in [0.5, 0.6) is 0 Å². The number of likely N-dealkylation sites (tertiary alicyclic amines) is 1. The maximum absolute atomic E-state index is 15.0. The lowest BCUT2D eigenvalue weighted by molar-refractivity contribution is -0.151. The number of hydrogen-bond acceptors (Lipinski definition) is 4. The highest BCUT2D eigenvalue weighted by molar-refractivity contribution is 5.96. The highest BCUT2D eigenvalue weighted by Gasteiger charge is 2.41. The first-order chi connectivity index (χ1) is 17.6. The van der Waals surface area contributed by atoms with Crippen molar-refractivity contribution in [2.24, 2.45) is 5.92 Å². The third kappa shape index (κ3) is 5.05. The van der Waals surface area contributed by atoms with Gasteiger partial charge < -0.3 is 15.0 Å². The standard InChI is InChI=1S/C27H33FN2O3/c1-3-33-27(32)22-11-7-17-30(26(31)24-18(2)8-6-12-23(24)28)25(22)19-13-15-21(16-14-19)29-20-9-4-5-10-20/h6,8,12-16,20,22,25,29H,3-5,7,9-11,17H2,1-2H3/t22-,25-/m0/s1/i2D3,15D. The van der Waals surface area contributed by atoms with Gasteiger partial charge in [0.25, 0.3) is 5.91 Å². The third-order valence-electron chi connectivity index (χ3n) is 6.60. The zero-order valence-corrected chi connectivity index (χ0v) is 18.9. The number of nitrogens with zero attached hydrogens (tertiary/aromatic N) is 1. The molecule has 0 unspecified atom stereocenters. The fourth-order valence-corrected chi connectivity index (χ4v) is 5.02. The number of hydrogen-bond donors (Lipinski definition) is 1. The van der Waals surface area contributed by atoms with E-state index in [0.717, 1.165) is 31.7 Å². The smallest absolute Gasteiger partial charge is 0.311 e. The fraction of sp³-hybridized carbons (Fsp3) is 0.481. The minimum absolute atomic E-state index is 0.167. The summed E-state index contributed by atoms with van der Waals surface area (Å²) in [4.78, 5) is 28.2. The number of amides is 1. The van der Waals surface area contributed by atoms with Crippen LogP contribution in [0.15, 0.2) is 42.4 Å². The van der Waals surface area contributed by atoms with E-state index in [4.69, 9.17) is 10.2 Å². The molecular formula is C27H33FN2O3. The largest absolute Gasteiger partial charge is 0.466 e. The van der Waals surface area contributed by atoms with Crippen molar-refractivity contribution in [3.8, 4) is 0 Å².